The first-order valence-electron chi connectivity index (χ1n) is 6.32. The van der Waals surface area contributed by atoms with Crippen LogP contribution in [0.4, 0.5) is 0 Å². The number of nitrogens with one attached hydrogen (secondary N) is 1. The van der Waals surface area contributed by atoms with Crippen LogP contribution in [0, 0.1) is 0 Å². The van der Waals surface area contributed by atoms with E-state index in [9.17, 15) is 9.59 Å². The van der Waals surface area contributed by atoms with Crippen LogP contribution in [0.3, 0.4) is 0 Å². The minimum atomic E-state index is -0.268. The maximum atomic E-state index is 12.1. The molecular weight excluding hydrogens is 236 g/mol. The molecule has 96 valence electrons. The number of likely N-dealkylation sites (tertiary alicyclic amines) is 1. The molecule has 1 aliphatic heterocycles. The molecule has 1 aliphatic carbocycles. The van der Waals surface area contributed by atoms with Crippen molar-refractivity contribution in [3.8, 4) is 0 Å². The molecule has 1 saturated heterocycles. The van der Waals surface area contributed by atoms with E-state index in [0.29, 0.717) is 6.42 Å². The molecule has 2 aliphatic rings. The third kappa shape index (κ3) is 2.83. The van der Waals surface area contributed by atoms with Gasteiger partial charge in [0.15, 0.2) is 0 Å². The average molecular weight is 256 g/mol. The summed E-state index contributed by atoms with van der Waals surface area (Å²) in [5.74, 6) is 0.994. The van der Waals surface area contributed by atoms with E-state index in [1.165, 1.54) is 4.90 Å². The number of amides is 2. The Balaban J connectivity index is 1.91. The lowest BCUT2D eigenvalue weighted by Gasteiger charge is -2.22. The van der Waals surface area contributed by atoms with Gasteiger partial charge in [0, 0.05) is 18.3 Å². The van der Waals surface area contributed by atoms with E-state index in [1.807, 2.05) is 6.26 Å². The van der Waals surface area contributed by atoms with Gasteiger partial charge in [0.1, 0.15) is 0 Å². The molecule has 1 N–H and O–H groups in total. The van der Waals surface area contributed by atoms with Crippen LogP contribution in [0.2, 0.25) is 0 Å². The standard InChI is InChI=1S/C12H20N2O2S/c1-17-7-6-13-10-8-11(15)14(12(10)16)9-4-2-3-5-9/h9-10,13H,2-8H2,1H3. The fourth-order valence-corrected chi connectivity index (χ4v) is 3.01. The number of thioether (sulfide) groups is 1. The fourth-order valence-electron chi connectivity index (χ4n) is 2.69. The van der Waals surface area contributed by atoms with Crippen molar-refractivity contribution in [2.45, 2.75) is 44.2 Å². The fraction of sp³-hybridized carbons (Fsp3) is 0.833. The van der Waals surface area contributed by atoms with Gasteiger partial charge in [-0.25, -0.2) is 0 Å². The Kier molecular flexibility index (Phi) is 4.45. The summed E-state index contributed by atoms with van der Waals surface area (Å²) in [6.45, 7) is 0.795. The van der Waals surface area contributed by atoms with Crippen molar-refractivity contribution in [2.75, 3.05) is 18.6 Å². The second kappa shape index (κ2) is 5.87. The van der Waals surface area contributed by atoms with Gasteiger partial charge < -0.3 is 5.32 Å². The summed E-state index contributed by atoms with van der Waals surface area (Å²) in [5.41, 5.74) is 0. The highest BCUT2D eigenvalue weighted by Gasteiger charge is 2.42. The van der Waals surface area contributed by atoms with Crippen LogP contribution in [0.25, 0.3) is 0 Å². The van der Waals surface area contributed by atoms with Crippen molar-refractivity contribution >= 4 is 23.6 Å². The molecule has 5 heteroatoms. The highest BCUT2D eigenvalue weighted by Crippen LogP contribution is 2.28. The Morgan fingerprint density at radius 2 is 2.06 bits per heavy atom. The highest BCUT2D eigenvalue weighted by atomic mass is 32.2. The summed E-state index contributed by atoms with van der Waals surface area (Å²) in [6, 6.07) is -0.0856. The highest BCUT2D eigenvalue weighted by molar-refractivity contribution is 7.98. The predicted octanol–water partition coefficient (Wildman–Crippen LogP) is 1.01. The Morgan fingerprint density at radius 3 is 2.71 bits per heavy atom. The molecule has 2 amide bonds. The smallest absolute Gasteiger partial charge is 0.247 e. The zero-order valence-electron chi connectivity index (χ0n) is 10.3. The summed E-state index contributed by atoms with van der Waals surface area (Å²) in [7, 11) is 0. The number of carbonyl (C=O) groups is 2. The number of rotatable bonds is 5. The summed E-state index contributed by atoms with van der Waals surface area (Å²) in [6.07, 6.45) is 6.67. The van der Waals surface area contributed by atoms with Gasteiger partial charge in [0.25, 0.3) is 0 Å². The largest absolute Gasteiger partial charge is 0.305 e. The van der Waals surface area contributed by atoms with E-state index < -0.39 is 0 Å². The van der Waals surface area contributed by atoms with E-state index in [-0.39, 0.29) is 23.9 Å². The number of carbonyl (C=O) groups excluding carboxylic acids is 2. The monoisotopic (exact) mass is 256 g/mol. The Hall–Kier alpha value is -0.550. The maximum absolute atomic E-state index is 12.1. The summed E-state index contributed by atoms with van der Waals surface area (Å²) in [4.78, 5) is 25.5. The number of hydrogen-bond acceptors (Lipinski definition) is 4. The molecule has 0 bridgehead atoms. The number of nitrogens with zero attached hydrogens (tertiary/aromatic N) is 1. The van der Waals surface area contributed by atoms with Gasteiger partial charge in [0.2, 0.25) is 11.8 Å². The first-order chi connectivity index (χ1) is 8.24. The van der Waals surface area contributed by atoms with Crippen molar-refractivity contribution in [3.63, 3.8) is 0 Å². The Labute approximate surface area is 106 Å². The molecule has 0 radical (unpaired) electrons. The summed E-state index contributed by atoms with van der Waals surface area (Å²) in [5, 5.41) is 3.18. The quantitative estimate of drug-likeness (QED) is 0.589. The average Bonchev–Trinajstić information content (AvgIpc) is 2.89. The van der Waals surface area contributed by atoms with Crippen LogP contribution in [0.5, 0.6) is 0 Å². The van der Waals surface area contributed by atoms with E-state index in [0.717, 1.165) is 38.0 Å². The number of hydrogen-bond donors (Lipinski definition) is 1. The SMILES string of the molecule is CSCCNC1CC(=O)N(C2CCCC2)C1=O. The molecule has 1 heterocycles. The van der Waals surface area contributed by atoms with Gasteiger partial charge in [-0.3, -0.25) is 14.5 Å². The molecule has 0 spiro atoms. The molecule has 2 rings (SSSR count). The van der Waals surface area contributed by atoms with Gasteiger partial charge in [-0.15, -0.1) is 0 Å². The third-order valence-electron chi connectivity index (χ3n) is 3.57. The first-order valence-corrected chi connectivity index (χ1v) is 7.71. The second-order valence-corrected chi connectivity index (χ2v) is 5.73. The molecule has 0 aromatic carbocycles. The maximum Gasteiger partial charge on any atom is 0.247 e. The van der Waals surface area contributed by atoms with E-state index in [1.54, 1.807) is 11.8 Å². The van der Waals surface area contributed by atoms with Crippen LogP contribution in [-0.2, 0) is 9.59 Å². The van der Waals surface area contributed by atoms with Crippen LogP contribution in [0.15, 0.2) is 0 Å². The van der Waals surface area contributed by atoms with Crippen LogP contribution in [0.1, 0.15) is 32.1 Å². The van der Waals surface area contributed by atoms with Gasteiger partial charge in [-0.1, -0.05) is 12.8 Å². The number of imide groups is 1. The lowest BCUT2D eigenvalue weighted by molar-refractivity contribution is -0.141. The molecule has 4 nitrogen and oxygen atoms in total. The molecule has 1 atom stereocenters. The zero-order valence-corrected chi connectivity index (χ0v) is 11.1. The molecule has 17 heavy (non-hydrogen) atoms. The van der Waals surface area contributed by atoms with Gasteiger partial charge in [-0.2, -0.15) is 11.8 Å². The van der Waals surface area contributed by atoms with E-state index >= 15 is 0 Å². The van der Waals surface area contributed by atoms with Crippen molar-refractivity contribution in [3.05, 3.63) is 0 Å². The van der Waals surface area contributed by atoms with Crippen molar-refractivity contribution in [1.82, 2.24) is 10.2 Å². The van der Waals surface area contributed by atoms with Gasteiger partial charge in [-0.05, 0) is 19.1 Å². The van der Waals surface area contributed by atoms with Gasteiger partial charge >= 0.3 is 0 Å². The Morgan fingerprint density at radius 1 is 1.35 bits per heavy atom. The topological polar surface area (TPSA) is 49.4 Å². The predicted molar refractivity (Wildman–Crippen MR) is 68.9 cm³/mol. The third-order valence-corrected chi connectivity index (χ3v) is 4.18. The molecule has 0 aromatic heterocycles. The second-order valence-electron chi connectivity index (χ2n) is 4.74. The van der Waals surface area contributed by atoms with Crippen molar-refractivity contribution in [2.24, 2.45) is 0 Å². The molecule has 0 aromatic rings. The van der Waals surface area contributed by atoms with Crippen LogP contribution < -0.4 is 5.32 Å². The minimum Gasteiger partial charge on any atom is -0.305 e. The molecule has 1 unspecified atom stereocenters. The minimum absolute atomic E-state index is 0.00278. The van der Waals surface area contributed by atoms with E-state index in [4.69, 9.17) is 0 Å². The lowest BCUT2D eigenvalue weighted by atomic mass is 10.2. The Bertz CT molecular complexity index is 303. The summed E-state index contributed by atoms with van der Waals surface area (Å²) < 4.78 is 0. The van der Waals surface area contributed by atoms with Gasteiger partial charge in [0.05, 0.1) is 12.5 Å². The van der Waals surface area contributed by atoms with Crippen LogP contribution in [-0.4, -0.2) is 47.4 Å². The first kappa shape index (κ1) is 12.9. The molecule has 1 saturated carbocycles. The molecular formula is C12H20N2O2S. The lowest BCUT2D eigenvalue weighted by Crippen LogP contribution is -2.43. The van der Waals surface area contributed by atoms with Crippen LogP contribution >= 0.6 is 11.8 Å². The molecule has 2 fully saturated rings. The van der Waals surface area contributed by atoms with Crippen molar-refractivity contribution in [1.29, 1.82) is 0 Å². The summed E-state index contributed by atoms with van der Waals surface area (Å²) >= 11 is 1.74. The van der Waals surface area contributed by atoms with Crippen molar-refractivity contribution < 1.29 is 9.59 Å². The zero-order chi connectivity index (χ0) is 12.3. The van der Waals surface area contributed by atoms with E-state index in [2.05, 4.69) is 5.32 Å². The normalized spacial score (nSPS) is 26.2.